The molecule has 1 heterocycles. The molecule has 2 aliphatic rings. The Morgan fingerprint density at radius 1 is 1.06 bits per heavy atom. The van der Waals surface area contributed by atoms with Crippen LogP contribution in [0.2, 0.25) is 0 Å². The minimum atomic E-state index is -2.94. The number of hydrogen-bond acceptors (Lipinski definition) is 5. The molecule has 2 aromatic carbocycles. The van der Waals surface area contributed by atoms with Crippen LogP contribution in [0.3, 0.4) is 0 Å². The smallest absolute Gasteiger partial charge is 0.387 e. The molecule has 1 amide bonds. The number of methoxy groups -OCH3 is 1. The number of amides is 1. The van der Waals surface area contributed by atoms with E-state index < -0.39 is 12.0 Å². The van der Waals surface area contributed by atoms with Crippen molar-refractivity contribution in [3.8, 4) is 23.0 Å². The summed E-state index contributed by atoms with van der Waals surface area (Å²) in [5.41, 5.74) is 1.11. The van der Waals surface area contributed by atoms with Gasteiger partial charge >= 0.3 is 6.61 Å². The van der Waals surface area contributed by atoms with Crippen LogP contribution in [-0.2, 0) is 16.6 Å². The van der Waals surface area contributed by atoms with Crippen LogP contribution in [0.4, 0.5) is 8.78 Å². The van der Waals surface area contributed by atoms with Gasteiger partial charge in [0.25, 0.3) is 0 Å². The van der Waals surface area contributed by atoms with E-state index in [0.717, 1.165) is 36.8 Å². The fourth-order valence-electron chi connectivity index (χ4n) is 4.52. The van der Waals surface area contributed by atoms with E-state index in [1.807, 2.05) is 18.2 Å². The third kappa shape index (κ3) is 4.59. The Balaban J connectivity index is 1.44. The Labute approximate surface area is 185 Å². The van der Waals surface area contributed by atoms with Crippen LogP contribution >= 0.6 is 0 Å². The van der Waals surface area contributed by atoms with E-state index in [2.05, 4.69) is 10.1 Å². The summed E-state index contributed by atoms with van der Waals surface area (Å²) in [6, 6.07) is 10.6. The highest BCUT2D eigenvalue weighted by atomic mass is 19.3. The van der Waals surface area contributed by atoms with E-state index in [1.54, 1.807) is 12.1 Å². The van der Waals surface area contributed by atoms with Crippen molar-refractivity contribution in [1.82, 2.24) is 5.32 Å². The van der Waals surface area contributed by atoms with Crippen molar-refractivity contribution in [2.75, 3.05) is 26.9 Å². The van der Waals surface area contributed by atoms with Crippen molar-refractivity contribution in [3.05, 3.63) is 47.5 Å². The van der Waals surface area contributed by atoms with Gasteiger partial charge in [0, 0.05) is 6.54 Å². The fourth-order valence-corrected chi connectivity index (χ4v) is 4.52. The summed E-state index contributed by atoms with van der Waals surface area (Å²) in [6.07, 6.45) is 3.98. The molecule has 0 unspecified atom stereocenters. The van der Waals surface area contributed by atoms with Gasteiger partial charge in [-0.15, -0.1) is 0 Å². The van der Waals surface area contributed by atoms with Gasteiger partial charge in [0.2, 0.25) is 5.91 Å². The van der Waals surface area contributed by atoms with Gasteiger partial charge in [-0.3, -0.25) is 4.79 Å². The first-order valence-electron chi connectivity index (χ1n) is 10.8. The summed E-state index contributed by atoms with van der Waals surface area (Å²) in [5, 5.41) is 3.05. The Hall–Kier alpha value is -3.03. The summed E-state index contributed by atoms with van der Waals surface area (Å²) in [5.74, 6) is 1.58. The maximum Gasteiger partial charge on any atom is 0.387 e. The first kappa shape index (κ1) is 22.2. The van der Waals surface area contributed by atoms with Crippen LogP contribution < -0.4 is 24.3 Å². The number of halogens is 2. The molecular formula is C24H27F2NO5. The standard InChI is InChI=1S/C24H27F2NO5/c1-29-18-6-4-16(14-21(18)32-23(25)26)8-11-27-22(28)24(9-2-3-10-24)17-5-7-19-20(15-17)31-13-12-30-19/h4-7,14-15,23H,2-3,8-13H2,1H3,(H,27,28). The highest BCUT2D eigenvalue weighted by Gasteiger charge is 2.43. The maximum atomic E-state index is 13.3. The lowest BCUT2D eigenvalue weighted by molar-refractivity contribution is -0.126. The normalized spacial score (nSPS) is 16.6. The van der Waals surface area contributed by atoms with Crippen molar-refractivity contribution in [2.24, 2.45) is 0 Å². The minimum Gasteiger partial charge on any atom is -0.493 e. The number of fused-ring (bicyclic) bond motifs is 1. The summed E-state index contributed by atoms with van der Waals surface area (Å²) in [7, 11) is 1.40. The van der Waals surface area contributed by atoms with Gasteiger partial charge in [0.05, 0.1) is 12.5 Å². The second-order valence-electron chi connectivity index (χ2n) is 8.02. The van der Waals surface area contributed by atoms with E-state index in [-0.39, 0.29) is 17.4 Å². The van der Waals surface area contributed by atoms with E-state index in [1.165, 1.54) is 13.2 Å². The molecule has 0 aromatic heterocycles. The molecule has 32 heavy (non-hydrogen) atoms. The maximum absolute atomic E-state index is 13.3. The average molecular weight is 447 g/mol. The van der Waals surface area contributed by atoms with Gasteiger partial charge in [0.1, 0.15) is 13.2 Å². The summed E-state index contributed by atoms with van der Waals surface area (Å²) >= 11 is 0. The molecule has 0 saturated heterocycles. The zero-order valence-corrected chi connectivity index (χ0v) is 18.0. The molecule has 6 nitrogen and oxygen atoms in total. The van der Waals surface area contributed by atoms with Crippen LogP contribution in [0.15, 0.2) is 36.4 Å². The lowest BCUT2D eigenvalue weighted by atomic mass is 9.77. The van der Waals surface area contributed by atoms with Gasteiger partial charge in [-0.2, -0.15) is 8.78 Å². The van der Waals surface area contributed by atoms with Gasteiger partial charge in [-0.25, -0.2) is 0 Å². The molecule has 172 valence electrons. The Bertz CT molecular complexity index is 959. The number of nitrogens with one attached hydrogen (secondary N) is 1. The van der Waals surface area contributed by atoms with Crippen molar-refractivity contribution >= 4 is 5.91 Å². The van der Waals surface area contributed by atoms with Crippen LogP contribution in [0, 0.1) is 0 Å². The molecule has 1 fully saturated rings. The summed E-state index contributed by atoms with van der Waals surface area (Å²) < 4.78 is 46.2. The largest absolute Gasteiger partial charge is 0.493 e. The molecule has 0 bridgehead atoms. The average Bonchev–Trinajstić information content (AvgIpc) is 3.30. The quantitative estimate of drug-likeness (QED) is 0.656. The zero-order chi connectivity index (χ0) is 22.6. The Morgan fingerprint density at radius 3 is 2.53 bits per heavy atom. The van der Waals surface area contributed by atoms with E-state index in [9.17, 15) is 13.6 Å². The number of benzene rings is 2. The molecule has 8 heteroatoms. The topological polar surface area (TPSA) is 66.0 Å². The molecule has 1 N–H and O–H groups in total. The Kier molecular flexibility index (Phi) is 6.67. The predicted molar refractivity (Wildman–Crippen MR) is 114 cm³/mol. The Morgan fingerprint density at radius 2 is 1.81 bits per heavy atom. The molecule has 0 radical (unpaired) electrons. The number of hydrogen-bond donors (Lipinski definition) is 1. The summed E-state index contributed by atoms with van der Waals surface area (Å²) in [6.45, 7) is -1.54. The first-order valence-corrected chi connectivity index (χ1v) is 10.8. The summed E-state index contributed by atoms with van der Waals surface area (Å²) in [4.78, 5) is 13.3. The van der Waals surface area contributed by atoms with E-state index in [0.29, 0.717) is 37.7 Å². The van der Waals surface area contributed by atoms with Gasteiger partial charge < -0.3 is 24.3 Å². The van der Waals surface area contributed by atoms with Gasteiger partial charge in [0.15, 0.2) is 23.0 Å². The number of alkyl halides is 2. The third-order valence-corrected chi connectivity index (χ3v) is 6.13. The molecular weight excluding hydrogens is 420 g/mol. The second-order valence-corrected chi connectivity index (χ2v) is 8.02. The third-order valence-electron chi connectivity index (χ3n) is 6.13. The number of carbonyl (C=O) groups is 1. The highest BCUT2D eigenvalue weighted by Crippen LogP contribution is 2.44. The van der Waals surface area contributed by atoms with E-state index >= 15 is 0 Å². The van der Waals surface area contributed by atoms with Crippen LogP contribution in [0.25, 0.3) is 0 Å². The van der Waals surface area contributed by atoms with Gasteiger partial charge in [-0.05, 0) is 54.7 Å². The highest BCUT2D eigenvalue weighted by molar-refractivity contribution is 5.88. The van der Waals surface area contributed by atoms with Crippen molar-refractivity contribution in [1.29, 1.82) is 0 Å². The van der Waals surface area contributed by atoms with Crippen molar-refractivity contribution in [2.45, 2.75) is 44.1 Å². The van der Waals surface area contributed by atoms with E-state index in [4.69, 9.17) is 14.2 Å². The number of rotatable bonds is 8. The monoisotopic (exact) mass is 447 g/mol. The molecule has 1 saturated carbocycles. The van der Waals surface area contributed by atoms with Crippen molar-refractivity contribution < 1.29 is 32.5 Å². The molecule has 0 spiro atoms. The molecule has 0 atom stereocenters. The van der Waals surface area contributed by atoms with Crippen LogP contribution in [-0.4, -0.2) is 39.4 Å². The van der Waals surface area contributed by atoms with Gasteiger partial charge in [-0.1, -0.05) is 25.0 Å². The predicted octanol–water partition coefficient (Wildman–Crippen LogP) is 4.24. The lowest BCUT2D eigenvalue weighted by Crippen LogP contribution is -2.43. The van der Waals surface area contributed by atoms with Crippen molar-refractivity contribution in [3.63, 3.8) is 0 Å². The van der Waals surface area contributed by atoms with Crippen LogP contribution in [0.1, 0.15) is 36.8 Å². The van der Waals surface area contributed by atoms with Crippen LogP contribution in [0.5, 0.6) is 23.0 Å². The molecule has 2 aromatic rings. The SMILES string of the molecule is COc1ccc(CCNC(=O)C2(c3ccc4c(c3)OCCO4)CCCC2)cc1OC(F)F. The molecule has 1 aliphatic heterocycles. The fraction of sp³-hybridized carbons (Fsp3) is 0.458. The molecule has 4 rings (SSSR count). The zero-order valence-electron chi connectivity index (χ0n) is 18.0. The minimum absolute atomic E-state index is 0.0186. The number of ether oxygens (including phenoxy) is 4. The molecule has 1 aliphatic carbocycles. The number of carbonyl (C=O) groups excluding carboxylic acids is 1. The lowest BCUT2D eigenvalue weighted by Gasteiger charge is -2.30. The first-order chi connectivity index (χ1) is 15.5. The second kappa shape index (κ2) is 9.63.